The first-order valence-electron chi connectivity index (χ1n) is 9.58. The summed E-state index contributed by atoms with van der Waals surface area (Å²) in [5, 5.41) is 3.83. The van der Waals surface area contributed by atoms with Crippen LogP contribution in [0.5, 0.6) is 0 Å². The molecule has 0 bridgehead atoms. The summed E-state index contributed by atoms with van der Waals surface area (Å²) in [5.74, 6) is 0.878. The first-order valence-corrected chi connectivity index (χ1v) is 9.58. The van der Waals surface area contributed by atoms with Crippen LogP contribution in [-0.4, -0.2) is 12.6 Å². The van der Waals surface area contributed by atoms with E-state index in [9.17, 15) is 0 Å². The van der Waals surface area contributed by atoms with Crippen LogP contribution in [0.15, 0.2) is 0 Å². The van der Waals surface area contributed by atoms with Crippen molar-refractivity contribution in [1.29, 1.82) is 0 Å². The summed E-state index contributed by atoms with van der Waals surface area (Å²) in [5.41, 5.74) is 0. The van der Waals surface area contributed by atoms with Crippen LogP contribution in [-0.2, 0) is 0 Å². The lowest BCUT2D eigenvalue weighted by molar-refractivity contribution is 0.327. The Kier molecular flexibility index (Phi) is 11.4. The van der Waals surface area contributed by atoms with E-state index in [2.05, 4.69) is 19.2 Å². The van der Waals surface area contributed by atoms with Gasteiger partial charge in [-0.1, -0.05) is 84.5 Å². The third-order valence-electron chi connectivity index (χ3n) is 5.05. The standard InChI is InChI=1S/C19H39N/c1-3-4-5-6-7-9-12-15-18(2)19-16-13-10-8-11-14-17-20-19/h18-20H,3-17H2,1-2H3. The van der Waals surface area contributed by atoms with Crippen molar-refractivity contribution in [1.82, 2.24) is 5.32 Å². The number of hydrogen-bond acceptors (Lipinski definition) is 1. The maximum atomic E-state index is 3.83. The highest BCUT2D eigenvalue weighted by atomic mass is 14.9. The maximum Gasteiger partial charge on any atom is 0.00926 e. The zero-order valence-electron chi connectivity index (χ0n) is 14.3. The van der Waals surface area contributed by atoms with E-state index in [1.807, 2.05) is 0 Å². The smallest absolute Gasteiger partial charge is 0.00926 e. The lowest BCUT2D eigenvalue weighted by Crippen LogP contribution is -2.35. The summed E-state index contributed by atoms with van der Waals surface area (Å²) in [7, 11) is 0. The third kappa shape index (κ3) is 9.00. The minimum absolute atomic E-state index is 0.799. The van der Waals surface area contributed by atoms with E-state index < -0.39 is 0 Å². The molecule has 2 atom stereocenters. The van der Waals surface area contributed by atoms with Crippen molar-refractivity contribution >= 4 is 0 Å². The molecular weight excluding hydrogens is 242 g/mol. The fourth-order valence-electron chi connectivity index (χ4n) is 3.52. The van der Waals surface area contributed by atoms with E-state index in [0.29, 0.717) is 0 Å². The van der Waals surface area contributed by atoms with Gasteiger partial charge in [-0.2, -0.15) is 0 Å². The number of unbranched alkanes of at least 4 members (excludes halogenated alkanes) is 6. The second-order valence-electron chi connectivity index (χ2n) is 7.00. The SMILES string of the molecule is CCCCCCCCCC(C)C1CCCCCCCN1. The molecule has 0 aromatic heterocycles. The second-order valence-corrected chi connectivity index (χ2v) is 7.00. The Morgan fingerprint density at radius 3 is 2.30 bits per heavy atom. The molecule has 1 aliphatic rings. The highest BCUT2D eigenvalue weighted by Gasteiger charge is 2.16. The predicted molar refractivity (Wildman–Crippen MR) is 91.3 cm³/mol. The Bertz CT molecular complexity index is 192. The molecule has 20 heavy (non-hydrogen) atoms. The van der Waals surface area contributed by atoms with E-state index in [-0.39, 0.29) is 0 Å². The largest absolute Gasteiger partial charge is 0.314 e. The van der Waals surface area contributed by atoms with E-state index in [0.717, 1.165) is 12.0 Å². The summed E-state index contributed by atoms with van der Waals surface area (Å²) in [6.07, 6.45) is 20.1. The fraction of sp³-hybridized carbons (Fsp3) is 1.00. The topological polar surface area (TPSA) is 12.0 Å². The number of rotatable bonds is 9. The Hall–Kier alpha value is -0.0400. The van der Waals surface area contributed by atoms with Crippen molar-refractivity contribution in [3.63, 3.8) is 0 Å². The molecule has 1 aliphatic heterocycles. The minimum Gasteiger partial charge on any atom is -0.314 e. The number of hydrogen-bond donors (Lipinski definition) is 1. The van der Waals surface area contributed by atoms with Gasteiger partial charge in [-0.05, 0) is 31.7 Å². The van der Waals surface area contributed by atoms with Gasteiger partial charge in [0, 0.05) is 6.04 Å². The molecule has 2 unspecified atom stereocenters. The highest BCUT2D eigenvalue weighted by Crippen LogP contribution is 2.20. The normalized spacial score (nSPS) is 22.8. The zero-order chi connectivity index (χ0) is 14.5. The highest BCUT2D eigenvalue weighted by molar-refractivity contribution is 4.74. The monoisotopic (exact) mass is 281 g/mol. The average molecular weight is 282 g/mol. The summed E-state index contributed by atoms with van der Waals surface area (Å²) in [6.45, 7) is 6.03. The molecule has 0 aromatic carbocycles. The van der Waals surface area contributed by atoms with E-state index in [1.54, 1.807) is 0 Å². The minimum atomic E-state index is 0.799. The Balaban J connectivity index is 2.05. The van der Waals surface area contributed by atoms with Gasteiger partial charge in [0.15, 0.2) is 0 Å². The Morgan fingerprint density at radius 1 is 0.850 bits per heavy atom. The van der Waals surface area contributed by atoms with Gasteiger partial charge in [0.2, 0.25) is 0 Å². The quantitative estimate of drug-likeness (QED) is 0.505. The lowest BCUT2D eigenvalue weighted by atomic mass is 9.91. The second kappa shape index (κ2) is 12.7. The molecule has 1 N–H and O–H groups in total. The summed E-state index contributed by atoms with van der Waals surface area (Å²) < 4.78 is 0. The molecule has 1 heteroatoms. The van der Waals surface area contributed by atoms with Gasteiger partial charge in [-0.3, -0.25) is 0 Å². The van der Waals surface area contributed by atoms with Gasteiger partial charge in [-0.25, -0.2) is 0 Å². The fourth-order valence-corrected chi connectivity index (χ4v) is 3.52. The first-order chi connectivity index (χ1) is 9.84. The predicted octanol–water partition coefficient (Wildman–Crippen LogP) is 6.08. The van der Waals surface area contributed by atoms with Crippen LogP contribution >= 0.6 is 0 Å². The molecule has 0 amide bonds. The van der Waals surface area contributed by atoms with Crippen LogP contribution in [0.3, 0.4) is 0 Å². The van der Waals surface area contributed by atoms with Crippen LogP contribution in [0, 0.1) is 5.92 Å². The van der Waals surface area contributed by atoms with Gasteiger partial charge >= 0.3 is 0 Å². The van der Waals surface area contributed by atoms with Crippen LogP contribution < -0.4 is 5.32 Å². The molecule has 1 fully saturated rings. The molecule has 0 radical (unpaired) electrons. The van der Waals surface area contributed by atoms with Crippen molar-refractivity contribution in [2.75, 3.05) is 6.54 Å². The number of nitrogens with one attached hydrogen (secondary N) is 1. The average Bonchev–Trinajstić information content (AvgIpc) is 2.59. The molecule has 120 valence electrons. The zero-order valence-corrected chi connectivity index (χ0v) is 14.3. The van der Waals surface area contributed by atoms with E-state index in [1.165, 1.54) is 96.4 Å². The van der Waals surface area contributed by atoms with Gasteiger partial charge in [0.25, 0.3) is 0 Å². The molecule has 0 aliphatic carbocycles. The molecule has 1 nitrogen and oxygen atoms in total. The van der Waals surface area contributed by atoms with Crippen molar-refractivity contribution in [2.24, 2.45) is 5.92 Å². The van der Waals surface area contributed by atoms with Crippen LogP contribution in [0.1, 0.15) is 104 Å². The summed E-state index contributed by atoms with van der Waals surface area (Å²) in [4.78, 5) is 0. The molecule has 1 heterocycles. The molecule has 1 saturated heterocycles. The lowest BCUT2D eigenvalue weighted by Gasteiger charge is -2.25. The third-order valence-corrected chi connectivity index (χ3v) is 5.05. The van der Waals surface area contributed by atoms with E-state index >= 15 is 0 Å². The Labute approximate surface area is 128 Å². The summed E-state index contributed by atoms with van der Waals surface area (Å²) >= 11 is 0. The van der Waals surface area contributed by atoms with Crippen molar-refractivity contribution in [2.45, 2.75) is 110 Å². The van der Waals surface area contributed by atoms with Crippen LogP contribution in [0.25, 0.3) is 0 Å². The van der Waals surface area contributed by atoms with Gasteiger partial charge in [0.05, 0.1) is 0 Å². The van der Waals surface area contributed by atoms with Crippen LogP contribution in [0.4, 0.5) is 0 Å². The van der Waals surface area contributed by atoms with Gasteiger partial charge in [-0.15, -0.1) is 0 Å². The molecule has 0 spiro atoms. The molecule has 0 aromatic rings. The molecule has 1 rings (SSSR count). The van der Waals surface area contributed by atoms with Crippen molar-refractivity contribution < 1.29 is 0 Å². The van der Waals surface area contributed by atoms with E-state index in [4.69, 9.17) is 0 Å². The Morgan fingerprint density at radius 2 is 1.50 bits per heavy atom. The van der Waals surface area contributed by atoms with Gasteiger partial charge < -0.3 is 5.32 Å². The molecular formula is C19H39N. The van der Waals surface area contributed by atoms with Crippen LogP contribution in [0.2, 0.25) is 0 Å². The first kappa shape index (κ1) is 18.0. The van der Waals surface area contributed by atoms with Gasteiger partial charge in [0.1, 0.15) is 0 Å². The molecule has 0 saturated carbocycles. The van der Waals surface area contributed by atoms with Crippen molar-refractivity contribution in [3.05, 3.63) is 0 Å². The summed E-state index contributed by atoms with van der Waals surface area (Å²) in [6, 6.07) is 0.799. The maximum absolute atomic E-state index is 3.83. The van der Waals surface area contributed by atoms with Crippen molar-refractivity contribution in [3.8, 4) is 0 Å².